The lowest BCUT2D eigenvalue weighted by Gasteiger charge is -2.43. The molecule has 0 saturated carbocycles. The first kappa shape index (κ1) is 19.9. The van der Waals surface area contributed by atoms with Gasteiger partial charge in [-0.15, -0.1) is 0 Å². The van der Waals surface area contributed by atoms with E-state index in [1.165, 1.54) is 10.4 Å². The van der Waals surface area contributed by atoms with Crippen molar-refractivity contribution in [1.82, 2.24) is 0 Å². The monoisotopic (exact) mass is 358 g/mol. The summed E-state index contributed by atoms with van der Waals surface area (Å²) in [7, 11) is -0.746. The van der Waals surface area contributed by atoms with Crippen LogP contribution in [-0.2, 0) is 13.9 Å². The quantitative estimate of drug-likeness (QED) is 0.509. The highest BCUT2D eigenvalue weighted by molar-refractivity contribution is 6.99. The Bertz CT molecular complexity index is 569. The largest absolute Gasteiger partial charge is 0.405 e. The molecular weight excluding hydrogens is 328 g/mol. The maximum Gasteiger partial charge on any atom is 0.261 e. The van der Waals surface area contributed by atoms with Crippen molar-refractivity contribution in [3.05, 3.63) is 60.7 Å². The van der Waals surface area contributed by atoms with Crippen molar-refractivity contribution in [3.63, 3.8) is 0 Å². The van der Waals surface area contributed by atoms with Crippen molar-refractivity contribution in [2.75, 3.05) is 33.5 Å². The second kappa shape index (κ2) is 9.29. The van der Waals surface area contributed by atoms with Gasteiger partial charge < -0.3 is 13.9 Å². The Morgan fingerprint density at radius 1 is 0.720 bits per heavy atom. The lowest BCUT2D eigenvalue weighted by atomic mass is 10.2. The zero-order valence-electron chi connectivity index (χ0n) is 15.8. The number of rotatable bonds is 9. The van der Waals surface area contributed by atoms with E-state index in [-0.39, 0.29) is 5.04 Å². The number of methoxy groups -OCH3 is 1. The predicted octanol–water partition coefficient (Wildman–Crippen LogP) is 3.23. The Morgan fingerprint density at radius 2 is 1.20 bits per heavy atom. The summed E-state index contributed by atoms with van der Waals surface area (Å²) < 4.78 is 17.4. The molecule has 0 fully saturated rings. The molecular formula is C21H30O3Si. The van der Waals surface area contributed by atoms with Crippen molar-refractivity contribution in [3.8, 4) is 0 Å². The maximum absolute atomic E-state index is 6.72. The summed E-state index contributed by atoms with van der Waals surface area (Å²) in [4.78, 5) is 0. The highest BCUT2D eigenvalue weighted by Gasteiger charge is 2.49. The van der Waals surface area contributed by atoms with E-state index < -0.39 is 8.32 Å². The van der Waals surface area contributed by atoms with Gasteiger partial charge in [0, 0.05) is 7.11 Å². The van der Waals surface area contributed by atoms with Gasteiger partial charge in [0.15, 0.2) is 0 Å². The SMILES string of the molecule is COCCOCCO[Si](c1ccccc1)(c1ccccc1)C(C)(C)C. The fourth-order valence-corrected chi connectivity index (χ4v) is 7.80. The molecule has 0 radical (unpaired) electrons. The van der Waals surface area contributed by atoms with Crippen LogP contribution in [0.15, 0.2) is 60.7 Å². The smallest absolute Gasteiger partial charge is 0.261 e. The van der Waals surface area contributed by atoms with Gasteiger partial charge in [0.25, 0.3) is 8.32 Å². The van der Waals surface area contributed by atoms with Crippen LogP contribution in [0.2, 0.25) is 5.04 Å². The summed E-state index contributed by atoms with van der Waals surface area (Å²) in [5.41, 5.74) is 0. The van der Waals surface area contributed by atoms with Crippen LogP contribution in [0.5, 0.6) is 0 Å². The van der Waals surface area contributed by atoms with Gasteiger partial charge in [0.1, 0.15) is 0 Å². The molecule has 0 aliphatic carbocycles. The lowest BCUT2D eigenvalue weighted by molar-refractivity contribution is 0.0528. The molecule has 3 nitrogen and oxygen atoms in total. The molecule has 0 unspecified atom stereocenters. The van der Waals surface area contributed by atoms with Crippen molar-refractivity contribution in [2.24, 2.45) is 0 Å². The van der Waals surface area contributed by atoms with Crippen LogP contribution < -0.4 is 10.4 Å². The Hall–Kier alpha value is -1.46. The Kier molecular flexibility index (Phi) is 7.38. The Labute approximate surface area is 153 Å². The standard InChI is InChI=1S/C21H30O3Si/c1-21(2,3)25(19-11-7-5-8-12-19,20-13-9-6-10-14-20)24-18-17-23-16-15-22-4/h5-14H,15-18H2,1-4H3. The summed E-state index contributed by atoms with van der Waals surface area (Å²) >= 11 is 0. The molecule has 0 saturated heterocycles. The van der Waals surface area contributed by atoms with Gasteiger partial charge in [-0.1, -0.05) is 81.4 Å². The first-order valence-electron chi connectivity index (χ1n) is 8.84. The Balaban J connectivity index is 2.33. The van der Waals surface area contributed by atoms with Crippen LogP contribution >= 0.6 is 0 Å². The minimum absolute atomic E-state index is 0.00222. The molecule has 0 aliphatic heterocycles. The second-order valence-corrected chi connectivity index (χ2v) is 11.4. The molecule has 0 atom stereocenters. The fraction of sp³-hybridized carbons (Fsp3) is 0.429. The minimum Gasteiger partial charge on any atom is -0.405 e. The highest BCUT2D eigenvalue weighted by atomic mass is 28.4. The summed E-state index contributed by atoms with van der Waals surface area (Å²) in [5.74, 6) is 0. The van der Waals surface area contributed by atoms with E-state index in [0.717, 1.165) is 0 Å². The van der Waals surface area contributed by atoms with Crippen LogP contribution in [0.25, 0.3) is 0 Å². The topological polar surface area (TPSA) is 27.7 Å². The zero-order valence-corrected chi connectivity index (χ0v) is 16.8. The van der Waals surface area contributed by atoms with E-state index in [2.05, 4.69) is 81.4 Å². The first-order chi connectivity index (χ1) is 12.0. The van der Waals surface area contributed by atoms with Crippen LogP contribution in [-0.4, -0.2) is 41.9 Å². The van der Waals surface area contributed by atoms with Gasteiger partial charge in [0.05, 0.1) is 26.4 Å². The fourth-order valence-electron chi connectivity index (χ4n) is 3.26. The number of benzene rings is 2. The molecule has 0 heterocycles. The molecule has 0 amide bonds. The van der Waals surface area contributed by atoms with E-state index in [4.69, 9.17) is 13.9 Å². The zero-order chi connectivity index (χ0) is 18.2. The first-order valence-corrected chi connectivity index (χ1v) is 10.7. The molecule has 2 aromatic carbocycles. The highest BCUT2D eigenvalue weighted by Crippen LogP contribution is 2.36. The van der Waals surface area contributed by atoms with Crippen molar-refractivity contribution >= 4 is 18.7 Å². The van der Waals surface area contributed by atoms with Gasteiger partial charge in [-0.3, -0.25) is 0 Å². The van der Waals surface area contributed by atoms with E-state index in [1.807, 2.05) is 0 Å². The van der Waals surface area contributed by atoms with Gasteiger partial charge in [-0.25, -0.2) is 0 Å². The molecule has 0 bridgehead atoms. The van der Waals surface area contributed by atoms with Gasteiger partial charge in [-0.05, 0) is 15.4 Å². The summed E-state index contributed by atoms with van der Waals surface area (Å²) in [6.45, 7) is 9.21. The van der Waals surface area contributed by atoms with Crippen LogP contribution in [0.4, 0.5) is 0 Å². The van der Waals surface area contributed by atoms with Crippen molar-refractivity contribution in [1.29, 1.82) is 0 Å². The normalized spacial score (nSPS) is 12.3. The molecule has 2 rings (SSSR count). The molecule has 0 spiro atoms. The van der Waals surface area contributed by atoms with Crippen molar-refractivity contribution < 1.29 is 13.9 Å². The summed E-state index contributed by atoms with van der Waals surface area (Å²) in [6, 6.07) is 21.3. The second-order valence-electron chi connectivity index (χ2n) is 7.12. The minimum atomic E-state index is -2.43. The molecule has 25 heavy (non-hydrogen) atoms. The van der Waals surface area contributed by atoms with Crippen LogP contribution in [0.1, 0.15) is 20.8 Å². The summed E-state index contributed by atoms with van der Waals surface area (Å²) in [6.07, 6.45) is 0. The van der Waals surface area contributed by atoms with Crippen LogP contribution in [0.3, 0.4) is 0 Å². The van der Waals surface area contributed by atoms with Gasteiger partial charge in [-0.2, -0.15) is 0 Å². The molecule has 0 aromatic heterocycles. The number of ether oxygens (including phenoxy) is 2. The third kappa shape index (κ3) is 4.79. The maximum atomic E-state index is 6.72. The van der Waals surface area contributed by atoms with E-state index in [1.54, 1.807) is 7.11 Å². The van der Waals surface area contributed by atoms with Crippen LogP contribution in [0, 0.1) is 0 Å². The third-order valence-electron chi connectivity index (χ3n) is 4.39. The average Bonchev–Trinajstić information content (AvgIpc) is 2.62. The molecule has 136 valence electrons. The lowest BCUT2D eigenvalue weighted by Crippen LogP contribution is -2.66. The third-order valence-corrected chi connectivity index (χ3v) is 9.44. The average molecular weight is 359 g/mol. The molecule has 2 aromatic rings. The van der Waals surface area contributed by atoms with Gasteiger partial charge in [0.2, 0.25) is 0 Å². The molecule has 0 N–H and O–H groups in total. The summed E-state index contributed by atoms with van der Waals surface area (Å²) in [5, 5.41) is 2.60. The van der Waals surface area contributed by atoms with Crippen molar-refractivity contribution in [2.45, 2.75) is 25.8 Å². The predicted molar refractivity (Wildman–Crippen MR) is 106 cm³/mol. The number of hydrogen-bond acceptors (Lipinski definition) is 3. The van der Waals surface area contributed by atoms with E-state index in [9.17, 15) is 0 Å². The van der Waals surface area contributed by atoms with Gasteiger partial charge >= 0.3 is 0 Å². The Morgan fingerprint density at radius 3 is 1.64 bits per heavy atom. The number of hydrogen-bond donors (Lipinski definition) is 0. The molecule has 4 heteroatoms. The molecule has 0 aliphatic rings. The van der Waals surface area contributed by atoms with E-state index in [0.29, 0.717) is 26.4 Å². The van der Waals surface area contributed by atoms with E-state index >= 15 is 0 Å².